The Balaban J connectivity index is 2.08. The van der Waals surface area contributed by atoms with Gasteiger partial charge in [0.15, 0.2) is 0 Å². The summed E-state index contributed by atoms with van der Waals surface area (Å²) in [6, 6.07) is 8.69. The molecule has 1 heteroatoms. The Morgan fingerprint density at radius 1 is 1.25 bits per heavy atom. The quantitative estimate of drug-likeness (QED) is 0.531. The first-order chi connectivity index (χ1) is 5.95. The van der Waals surface area contributed by atoms with Gasteiger partial charge in [-0.05, 0) is 30.4 Å². The molecular formula is C11H12O. The number of hydrogen-bond donors (Lipinski definition) is 0. The van der Waals surface area contributed by atoms with Crippen LogP contribution in [0.1, 0.15) is 30.1 Å². The molecule has 1 fully saturated rings. The molecule has 1 nitrogen and oxygen atoms in total. The van der Waals surface area contributed by atoms with Crippen molar-refractivity contribution in [3.63, 3.8) is 0 Å². The second-order valence-electron chi connectivity index (χ2n) is 3.69. The van der Waals surface area contributed by atoms with Gasteiger partial charge in [0, 0.05) is 0 Å². The van der Waals surface area contributed by atoms with E-state index in [1.54, 1.807) is 0 Å². The molecular weight excluding hydrogens is 148 g/mol. The van der Waals surface area contributed by atoms with Crippen LogP contribution in [0.3, 0.4) is 0 Å². The molecule has 0 aromatic heterocycles. The highest BCUT2D eigenvalue weighted by Gasteiger charge is 2.41. The van der Waals surface area contributed by atoms with E-state index in [2.05, 4.69) is 24.3 Å². The molecule has 0 amide bonds. The molecule has 1 aliphatic heterocycles. The minimum Gasteiger partial charge on any atom is -0.364 e. The zero-order valence-electron chi connectivity index (χ0n) is 6.99. The highest BCUT2D eigenvalue weighted by molar-refractivity contribution is 5.33. The molecule has 2 atom stereocenters. The molecule has 3 rings (SSSR count). The predicted molar refractivity (Wildman–Crippen MR) is 47.0 cm³/mol. The highest BCUT2D eigenvalue weighted by atomic mass is 16.6. The summed E-state index contributed by atoms with van der Waals surface area (Å²) in [6.07, 6.45) is 4.78. The fraction of sp³-hybridized carbons (Fsp3) is 0.455. The molecule has 0 radical (unpaired) electrons. The average molecular weight is 160 g/mol. The summed E-state index contributed by atoms with van der Waals surface area (Å²) in [4.78, 5) is 0. The van der Waals surface area contributed by atoms with E-state index in [0.717, 1.165) is 0 Å². The van der Waals surface area contributed by atoms with Crippen LogP contribution in [0.2, 0.25) is 0 Å². The van der Waals surface area contributed by atoms with Crippen molar-refractivity contribution in [1.29, 1.82) is 0 Å². The zero-order valence-corrected chi connectivity index (χ0v) is 6.99. The molecule has 0 bridgehead atoms. The third-order valence-electron chi connectivity index (χ3n) is 2.88. The molecule has 1 aliphatic carbocycles. The Morgan fingerprint density at radius 2 is 2.17 bits per heavy atom. The van der Waals surface area contributed by atoms with Gasteiger partial charge in [-0.2, -0.15) is 0 Å². The normalized spacial score (nSPS) is 31.7. The molecule has 2 aliphatic rings. The summed E-state index contributed by atoms with van der Waals surface area (Å²) >= 11 is 0. The van der Waals surface area contributed by atoms with Gasteiger partial charge in [-0.3, -0.25) is 0 Å². The van der Waals surface area contributed by atoms with Gasteiger partial charge in [-0.15, -0.1) is 0 Å². The molecule has 1 heterocycles. The Kier molecular flexibility index (Phi) is 1.30. The lowest BCUT2D eigenvalue weighted by molar-refractivity contribution is 0.357. The van der Waals surface area contributed by atoms with Gasteiger partial charge in [-0.25, -0.2) is 0 Å². The van der Waals surface area contributed by atoms with E-state index < -0.39 is 0 Å². The van der Waals surface area contributed by atoms with E-state index in [-0.39, 0.29) is 0 Å². The van der Waals surface area contributed by atoms with Crippen LogP contribution in [0.5, 0.6) is 0 Å². The highest BCUT2D eigenvalue weighted by Crippen LogP contribution is 2.45. The molecule has 1 aromatic rings. The zero-order chi connectivity index (χ0) is 7.97. The maximum absolute atomic E-state index is 5.58. The summed E-state index contributed by atoms with van der Waals surface area (Å²) in [5, 5.41) is 0. The van der Waals surface area contributed by atoms with Crippen LogP contribution in [0.15, 0.2) is 24.3 Å². The molecule has 0 saturated carbocycles. The van der Waals surface area contributed by atoms with Crippen LogP contribution in [-0.2, 0) is 11.2 Å². The number of epoxide rings is 1. The fourth-order valence-electron chi connectivity index (χ4n) is 2.17. The standard InChI is InChI=1S/C11H12O/c1-2-6-9-8(4-1)5-3-7-10-11(9)12-10/h1-2,4,6,10-11H,3,5,7H2/t10-,11+/m0/s1. The van der Waals surface area contributed by atoms with Crippen molar-refractivity contribution in [2.75, 3.05) is 0 Å². The van der Waals surface area contributed by atoms with E-state index >= 15 is 0 Å². The number of aryl methyl sites for hydroxylation is 1. The molecule has 0 N–H and O–H groups in total. The van der Waals surface area contributed by atoms with E-state index in [4.69, 9.17) is 4.74 Å². The predicted octanol–water partition coefficient (Wildman–Crippen LogP) is 2.46. The van der Waals surface area contributed by atoms with Crippen molar-refractivity contribution >= 4 is 0 Å². The first-order valence-electron chi connectivity index (χ1n) is 4.68. The average Bonchev–Trinajstić information content (AvgIpc) is 2.82. The van der Waals surface area contributed by atoms with Crippen LogP contribution in [-0.4, -0.2) is 6.10 Å². The topological polar surface area (TPSA) is 12.5 Å². The molecule has 1 aromatic carbocycles. The Labute approximate surface area is 72.4 Å². The number of hydrogen-bond acceptors (Lipinski definition) is 1. The monoisotopic (exact) mass is 160 g/mol. The fourth-order valence-corrected chi connectivity index (χ4v) is 2.17. The number of ether oxygens (including phenoxy) is 1. The lowest BCUT2D eigenvalue weighted by Crippen LogP contribution is -1.89. The maximum Gasteiger partial charge on any atom is 0.109 e. The number of rotatable bonds is 0. The van der Waals surface area contributed by atoms with E-state index in [0.29, 0.717) is 12.2 Å². The van der Waals surface area contributed by atoms with Crippen molar-refractivity contribution in [2.45, 2.75) is 31.5 Å². The molecule has 0 unspecified atom stereocenters. The smallest absolute Gasteiger partial charge is 0.109 e. The lowest BCUT2D eigenvalue weighted by Gasteiger charge is -2.03. The van der Waals surface area contributed by atoms with Crippen molar-refractivity contribution in [3.8, 4) is 0 Å². The third-order valence-corrected chi connectivity index (χ3v) is 2.88. The van der Waals surface area contributed by atoms with Crippen molar-refractivity contribution < 1.29 is 4.74 Å². The minimum atomic E-state index is 0.448. The van der Waals surface area contributed by atoms with Crippen molar-refractivity contribution in [2.24, 2.45) is 0 Å². The van der Waals surface area contributed by atoms with E-state index in [1.807, 2.05) is 0 Å². The van der Waals surface area contributed by atoms with Crippen LogP contribution < -0.4 is 0 Å². The summed E-state index contributed by atoms with van der Waals surface area (Å²) in [5.74, 6) is 0. The largest absolute Gasteiger partial charge is 0.364 e. The van der Waals surface area contributed by atoms with Crippen molar-refractivity contribution in [1.82, 2.24) is 0 Å². The molecule has 0 spiro atoms. The second kappa shape index (κ2) is 2.33. The van der Waals surface area contributed by atoms with Crippen molar-refractivity contribution in [3.05, 3.63) is 35.4 Å². The van der Waals surface area contributed by atoms with Gasteiger partial charge in [0.1, 0.15) is 6.10 Å². The minimum absolute atomic E-state index is 0.448. The van der Waals surface area contributed by atoms with Crippen LogP contribution in [0, 0.1) is 0 Å². The second-order valence-corrected chi connectivity index (χ2v) is 3.69. The van der Waals surface area contributed by atoms with Crippen LogP contribution in [0.4, 0.5) is 0 Å². The van der Waals surface area contributed by atoms with Gasteiger partial charge in [0.2, 0.25) is 0 Å². The van der Waals surface area contributed by atoms with Gasteiger partial charge >= 0.3 is 0 Å². The lowest BCUT2D eigenvalue weighted by atomic mass is 10.0. The summed E-state index contributed by atoms with van der Waals surface area (Å²) in [7, 11) is 0. The van der Waals surface area contributed by atoms with Gasteiger partial charge in [-0.1, -0.05) is 24.3 Å². The van der Waals surface area contributed by atoms with Gasteiger partial charge in [0.05, 0.1) is 6.10 Å². The third kappa shape index (κ3) is 0.896. The Hall–Kier alpha value is -0.820. The number of fused-ring (bicyclic) bond motifs is 3. The van der Waals surface area contributed by atoms with Crippen LogP contribution >= 0.6 is 0 Å². The Morgan fingerprint density at radius 3 is 3.17 bits per heavy atom. The Bertz CT molecular complexity index is 306. The molecule has 62 valence electrons. The number of benzene rings is 1. The first kappa shape index (κ1) is 6.67. The summed E-state index contributed by atoms with van der Waals surface area (Å²) in [6.45, 7) is 0. The summed E-state index contributed by atoms with van der Waals surface area (Å²) < 4.78 is 5.58. The van der Waals surface area contributed by atoms with E-state index in [1.165, 1.54) is 30.4 Å². The van der Waals surface area contributed by atoms with Gasteiger partial charge < -0.3 is 4.74 Å². The maximum atomic E-state index is 5.58. The van der Waals surface area contributed by atoms with Gasteiger partial charge in [0.25, 0.3) is 0 Å². The molecule has 12 heavy (non-hydrogen) atoms. The summed E-state index contributed by atoms with van der Waals surface area (Å²) in [5.41, 5.74) is 2.95. The van der Waals surface area contributed by atoms with E-state index in [9.17, 15) is 0 Å². The molecule has 1 saturated heterocycles. The van der Waals surface area contributed by atoms with Crippen LogP contribution in [0.25, 0.3) is 0 Å². The SMILES string of the molecule is c1ccc2c(c1)CCC[C@@H]1O[C@H]21. The first-order valence-corrected chi connectivity index (χ1v) is 4.68.